The quantitative estimate of drug-likeness (QED) is 0.582. The van der Waals surface area contributed by atoms with Crippen molar-refractivity contribution in [2.24, 2.45) is 0 Å². The Hall–Kier alpha value is -0.950. The molecule has 1 N–H and O–H groups in total. The molecule has 0 unspecified atom stereocenters. The van der Waals surface area contributed by atoms with Crippen molar-refractivity contribution in [3.8, 4) is 0 Å². The summed E-state index contributed by atoms with van der Waals surface area (Å²) >= 11 is 0. The second kappa shape index (κ2) is 9.91. The molecule has 0 bridgehead atoms. The summed E-state index contributed by atoms with van der Waals surface area (Å²) in [5.41, 5.74) is 1.20. The van der Waals surface area contributed by atoms with Gasteiger partial charge in [0.05, 0.1) is 25.2 Å². The van der Waals surface area contributed by atoms with Gasteiger partial charge in [0.1, 0.15) is 0 Å². The highest BCUT2D eigenvalue weighted by molar-refractivity contribution is 4.97. The van der Waals surface area contributed by atoms with Crippen LogP contribution in [0.5, 0.6) is 0 Å². The van der Waals surface area contributed by atoms with Gasteiger partial charge in [-0.1, -0.05) is 0 Å². The number of rotatable bonds is 11. The maximum atomic E-state index is 5.07. The third-order valence-corrected chi connectivity index (χ3v) is 2.99. The van der Waals surface area contributed by atoms with Crippen LogP contribution in [-0.2, 0) is 22.6 Å². The zero-order chi connectivity index (χ0) is 13.9. The van der Waals surface area contributed by atoms with E-state index in [0.717, 1.165) is 45.9 Å². The highest BCUT2D eigenvalue weighted by Gasteiger charge is 2.03. The number of hydrogen-bond acceptors (Lipinski definition) is 5. The topological polar surface area (TPSA) is 51.5 Å². The van der Waals surface area contributed by atoms with Crippen LogP contribution >= 0.6 is 0 Å². The first-order valence-electron chi connectivity index (χ1n) is 6.64. The number of methoxy groups -OCH3 is 2. The molecule has 1 aromatic heterocycles. The van der Waals surface area contributed by atoms with Crippen LogP contribution in [0.3, 0.4) is 0 Å². The lowest BCUT2D eigenvalue weighted by atomic mass is 10.4. The summed E-state index contributed by atoms with van der Waals surface area (Å²) in [6, 6.07) is 0. The number of hydrogen-bond donors (Lipinski definition) is 1. The molecule has 0 fully saturated rings. The first-order valence-corrected chi connectivity index (χ1v) is 6.64. The molecule has 6 nitrogen and oxygen atoms in total. The fourth-order valence-electron chi connectivity index (χ4n) is 1.72. The maximum Gasteiger partial charge on any atom is 0.0949 e. The summed E-state index contributed by atoms with van der Waals surface area (Å²) in [4.78, 5) is 6.47. The lowest BCUT2D eigenvalue weighted by Crippen LogP contribution is -2.27. The van der Waals surface area contributed by atoms with E-state index in [0.29, 0.717) is 0 Å². The predicted octanol–water partition coefficient (Wildman–Crippen LogP) is 0.197. The predicted molar refractivity (Wildman–Crippen MR) is 75.2 cm³/mol. The zero-order valence-electron chi connectivity index (χ0n) is 12.3. The van der Waals surface area contributed by atoms with Crippen molar-refractivity contribution in [3.63, 3.8) is 0 Å². The molecule has 0 aromatic carbocycles. The molecular weight excluding hydrogens is 244 g/mol. The molecule has 0 saturated heterocycles. The Bertz CT molecular complexity index is 330. The van der Waals surface area contributed by atoms with Gasteiger partial charge in [-0.25, -0.2) is 4.98 Å². The van der Waals surface area contributed by atoms with Gasteiger partial charge in [0.2, 0.25) is 0 Å². The molecule has 1 heterocycles. The second-order valence-corrected chi connectivity index (χ2v) is 4.54. The van der Waals surface area contributed by atoms with Crippen LogP contribution in [-0.4, -0.2) is 68.6 Å². The lowest BCUT2D eigenvalue weighted by molar-refractivity contribution is 0.159. The lowest BCUT2D eigenvalue weighted by Gasteiger charge is -2.17. The third-order valence-electron chi connectivity index (χ3n) is 2.99. The van der Waals surface area contributed by atoms with Gasteiger partial charge in [0.15, 0.2) is 0 Å². The van der Waals surface area contributed by atoms with Crippen molar-refractivity contribution in [2.75, 3.05) is 54.1 Å². The van der Waals surface area contributed by atoms with Gasteiger partial charge in [-0.2, -0.15) is 0 Å². The summed E-state index contributed by atoms with van der Waals surface area (Å²) in [5, 5.41) is 3.33. The Morgan fingerprint density at radius 3 is 2.79 bits per heavy atom. The molecule has 0 saturated carbocycles. The average molecular weight is 270 g/mol. The molecule has 0 spiro atoms. The van der Waals surface area contributed by atoms with Crippen LogP contribution in [0.1, 0.15) is 5.69 Å². The molecule has 1 rings (SSSR count). The largest absolute Gasteiger partial charge is 0.383 e. The van der Waals surface area contributed by atoms with E-state index in [4.69, 9.17) is 9.47 Å². The van der Waals surface area contributed by atoms with E-state index in [2.05, 4.69) is 26.8 Å². The Morgan fingerprint density at radius 2 is 2.05 bits per heavy atom. The highest BCUT2D eigenvalue weighted by atomic mass is 16.5. The smallest absolute Gasteiger partial charge is 0.0949 e. The average Bonchev–Trinajstić information content (AvgIpc) is 2.86. The number of nitrogens with one attached hydrogen (secondary N) is 1. The molecule has 0 aliphatic carbocycles. The van der Waals surface area contributed by atoms with E-state index in [1.165, 1.54) is 5.69 Å². The zero-order valence-corrected chi connectivity index (χ0v) is 12.3. The Balaban J connectivity index is 2.27. The second-order valence-electron chi connectivity index (χ2n) is 4.54. The molecule has 1 aromatic rings. The van der Waals surface area contributed by atoms with Crippen LogP contribution in [0.2, 0.25) is 0 Å². The van der Waals surface area contributed by atoms with Crippen molar-refractivity contribution in [3.05, 3.63) is 18.2 Å². The van der Waals surface area contributed by atoms with Crippen LogP contribution in [0.25, 0.3) is 0 Å². The maximum absolute atomic E-state index is 5.07. The van der Waals surface area contributed by atoms with Crippen molar-refractivity contribution in [1.29, 1.82) is 0 Å². The van der Waals surface area contributed by atoms with E-state index in [-0.39, 0.29) is 0 Å². The fourth-order valence-corrected chi connectivity index (χ4v) is 1.72. The minimum Gasteiger partial charge on any atom is -0.383 e. The van der Waals surface area contributed by atoms with Crippen LogP contribution in [0.15, 0.2) is 12.5 Å². The van der Waals surface area contributed by atoms with Crippen molar-refractivity contribution in [2.45, 2.75) is 13.1 Å². The van der Waals surface area contributed by atoms with Gasteiger partial charge in [-0.3, -0.25) is 0 Å². The molecule has 0 atom stereocenters. The third kappa shape index (κ3) is 6.68. The minimum absolute atomic E-state index is 0.730. The van der Waals surface area contributed by atoms with Crippen molar-refractivity contribution in [1.82, 2.24) is 19.8 Å². The Morgan fingerprint density at radius 1 is 1.26 bits per heavy atom. The van der Waals surface area contributed by atoms with Gasteiger partial charge in [-0.15, -0.1) is 0 Å². The number of aromatic nitrogens is 2. The van der Waals surface area contributed by atoms with E-state index in [9.17, 15) is 0 Å². The SMILES string of the molecule is COCCNCc1cncn1CCN(C)CCOC. The van der Waals surface area contributed by atoms with Crippen LogP contribution in [0, 0.1) is 0 Å². The molecular formula is C13H26N4O2. The van der Waals surface area contributed by atoms with Gasteiger partial charge in [-0.05, 0) is 7.05 Å². The molecule has 0 radical (unpaired) electrons. The fraction of sp³-hybridized carbons (Fsp3) is 0.769. The monoisotopic (exact) mass is 270 g/mol. The van der Waals surface area contributed by atoms with Gasteiger partial charge in [0.25, 0.3) is 0 Å². The normalized spacial score (nSPS) is 11.4. The summed E-state index contributed by atoms with van der Waals surface area (Å²) in [6.07, 6.45) is 3.80. The summed E-state index contributed by atoms with van der Waals surface area (Å²) in [6.45, 7) is 6.07. The van der Waals surface area contributed by atoms with E-state index >= 15 is 0 Å². The van der Waals surface area contributed by atoms with E-state index in [1.54, 1.807) is 14.2 Å². The van der Waals surface area contributed by atoms with Crippen LogP contribution < -0.4 is 5.32 Å². The van der Waals surface area contributed by atoms with Gasteiger partial charge in [0, 0.05) is 53.1 Å². The molecule has 0 amide bonds. The molecule has 19 heavy (non-hydrogen) atoms. The number of ether oxygens (including phenoxy) is 2. The minimum atomic E-state index is 0.730. The van der Waals surface area contributed by atoms with Crippen molar-refractivity contribution < 1.29 is 9.47 Å². The van der Waals surface area contributed by atoms with Gasteiger partial charge >= 0.3 is 0 Å². The molecule has 6 heteroatoms. The number of nitrogens with zero attached hydrogens (tertiary/aromatic N) is 3. The standard InChI is InChI=1S/C13H26N4O2/c1-16(7-9-19-3)5-6-17-12-15-11-13(17)10-14-4-8-18-2/h11-12,14H,4-10H2,1-3H3. The highest BCUT2D eigenvalue weighted by Crippen LogP contribution is 1.99. The summed E-state index contributed by atoms with van der Waals surface area (Å²) in [5.74, 6) is 0. The van der Waals surface area contributed by atoms with Gasteiger partial charge < -0.3 is 24.3 Å². The number of likely N-dealkylation sites (N-methyl/N-ethyl adjacent to an activating group) is 1. The first kappa shape index (κ1) is 16.1. The summed E-state index contributed by atoms with van der Waals surface area (Å²) in [7, 11) is 5.54. The van der Waals surface area contributed by atoms with Crippen molar-refractivity contribution >= 4 is 0 Å². The van der Waals surface area contributed by atoms with E-state index in [1.807, 2.05) is 12.5 Å². The first-order chi connectivity index (χ1) is 9.27. The molecule has 0 aliphatic heterocycles. The van der Waals surface area contributed by atoms with E-state index < -0.39 is 0 Å². The molecule has 110 valence electrons. The van der Waals surface area contributed by atoms with Crippen LogP contribution in [0.4, 0.5) is 0 Å². The number of imidazole rings is 1. The Kier molecular flexibility index (Phi) is 8.40. The Labute approximate surface area is 115 Å². The summed E-state index contributed by atoms with van der Waals surface area (Å²) < 4.78 is 12.3. The molecule has 0 aliphatic rings.